The highest BCUT2D eigenvalue weighted by molar-refractivity contribution is 9.10. The molecule has 0 saturated heterocycles. The fourth-order valence-corrected chi connectivity index (χ4v) is 2.15. The number of thiazole rings is 1. The fraction of sp³-hybridized carbons (Fsp3) is 0. The summed E-state index contributed by atoms with van der Waals surface area (Å²) in [4.78, 5) is 15.1. The molecule has 0 amide bonds. The molecule has 0 spiro atoms. The number of aldehydes is 1. The van der Waals surface area contributed by atoms with E-state index in [-0.39, 0.29) is 0 Å². The standard InChI is InChI=1S/C8H4BrNO2S/c9-6-1-2-12-7(6)8-10-3-5(4-11)13-8/h1-4H. The number of aromatic nitrogens is 1. The maximum absolute atomic E-state index is 10.4. The second-order valence-electron chi connectivity index (χ2n) is 2.28. The topological polar surface area (TPSA) is 43.1 Å². The minimum atomic E-state index is 0.596. The lowest BCUT2D eigenvalue weighted by molar-refractivity contribution is 0.112. The molecular formula is C8H4BrNO2S. The third-order valence-electron chi connectivity index (χ3n) is 1.45. The number of carbonyl (C=O) groups excluding carboxylic acids is 1. The van der Waals surface area contributed by atoms with Gasteiger partial charge in [-0.15, -0.1) is 11.3 Å². The van der Waals surface area contributed by atoms with Crippen molar-refractivity contribution in [1.29, 1.82) is 0 Å². The van der Waals surface area contributed by atoms with Crippen molar-refractivity contribution in [3.63, 3.8) is 0 Å². The minimum absolute atomic E-state index is 0.596. The number of hydrogen-bond acceptors (Lipinski definition) is 4. The van der Waals surface area contributed by atoms with Crippen LogP contribution in [0.5, 0.6) is 0 Å². The lowest BCUT2D eigenvalue weighted by Gasteiger charge is -1.88. The second-order valence-corrected chi connectivity index (χ2v) is 4.20. The molecular weight excluding hydrogens is 254 g/mol. The van der Waals surface area contributed by atoms with Crippen molar-refractivity contribution >= 4 is 33.6 Å². The van der Waals surface area contributed by atoms with E-state index in [1.165, 1.54) is 17.5 Å². The van der Waals surface area contributed by atoms with Gasteiger partial charge in [-0.2, -0.15) is 0 Å². The molecule has 0 atom stereocenters. The summed E-state index contributed by atoms with van der Waals surface area (Å²) in [6, 6.07) is 1.79. The maximum atomic E-state index is 10.4. The molecule has 0 fully saturated rings. The van der Waals surface area contributed by atoms with E-state index in [0.717, 1.165) is 10.8 Å². The lowest BCUT2D eigenvalue weighted by Crippen LogP contribution is -1.69. The van der Waals surface area contributed by atoms with Gasteiger partial charge < -0.3 is 4.42 Å². The van der Waals surface area contributed by atoms with Gasteiger partial charge in [0.2, 0.25) is 0 Å². The fourth-order valence-electron chi connectivity index (χ4n) is 0.892. The second kappa shape index (κ2) is 3.43. The van der Waals surface area contributed by atoms with Gasteiger partial charge in [0, 0.05) is 6.20 Å². The van der Waals surface area contributed by atoms with Crippen LogP contribution in [0.3, 0.4) is 0 Å². The summed E-state index contributed by atoms with van der Waals surface area (Å²) in [6.45, 7) is 0. The molecule has 13 heavy (non-hydrogen) atoms. The Labute approximate surface area is 86.5 Å². The third-order valence-corrected chi connectivity index (χ3v) is 3.00. The van der Waals surface area contributed by atoms with Crippen LogP contribution in [-0.4, -0.2) is 11.3 Å². The van der Waals surface area contributed by atoms with Gasteiger partial charge in [0.05, 0.1) is 15.6 Å². The van der Waals surface area contributed by atoms with Crippen LogP contribution in [0.2, 0.25) is 0 Å². The first-order valence-electron chi connectivity index (χ1n) is 3.45. The Morgan fingerprint density at radius 1 is 1.62 bits per heavy atom. The Morgan fingerprint density at radius 2 is 2.46 bits per heavy atom. The van der Waals surface area contributed by atoms with Gasteiger partial charge in [-0.05, 0) is 22.0 Å². The van der Waals surface area contributed by atoms with Gasteiger partial charge in [-0.3, -0.25) is 4.79 Å². The van der Waals surface area contributed by atoms with Crippen LogP contribution >= 0.6 is 27.3 Å². The quantitative estimate of drug-likeness (QED) is 0.777. The van der Waals surface area contributed by atoms with Crippen LogP contribution in [0.25, 0.3) is 10.8 Å². The van der Waals surface area contributed by atoms with Crippen LogP contribution in [0.15, 0.2) is 27.4 Å². The third kappa shape index (κ3) is 1.57. The summed E-state index contributed by atoms with van der Waals surface area (Å²) in [6.07, 6.45) is 3.88. The van der Waals surface area contributed by atoms with Crippen molar-refractivity contribution in [2.75, 3.05) is 0 Å². The molecule has 2 aromatic heterocycles. The lowest BCUT2D eigenvalue weighted by atomic mass is 10.5. The van der Waals surface area contributed by atoms with Crippen LogP contribution in [0.4, 0.5) is 0 Å². The first-order valence-corrected chi connectivity index (χ1v) is 5.06. The maximum Gasteiger partial charge on any atom is 0.176 e. The highest BCUT2D eigenvalue weighted by Crippen LogP contribution is 2.31. The number of rotatable bonds is 2. The van der Waals surface area contributed by atoms with E-state index < -0.39 is 0 Å². The minimum Gasteiger partial charge on any atom is -0.461 e. The van der Waals surface area contributed by atoms with E-state index in [1.54, 1.807) is 12.3 Å². The summed E-state index contributed by atoms with van der Waals surface area (Å²) in [7, 11) is 0. The first-order chi connectivity index (χ1) is 6.31. The molecule has 0 aliphatic heterocycles. The van der Waals surface area contributed by atoms with Gasteiger partial charge >= 0.3 is 0 Å². The molecule has 0 radical (unpaired) electrons. The molecule has 2 aromatic rings. The van der Waals surface area contributed by atoms with Crippen LogP contribution < -0.4 is 0 Å². The van der Waals surface area contributed by atoms with Gasteiger partial charge in [-0.25, -0.2) is 4.98 Å². The molecule has 3 nitrogen and oxygen atoms in total. The van der Waals surface area contributed by atoms with Gasteiger partial charge in [-0.1, -0.05) is 0 Å². The van der Waals surface area contributed by atoms with E-state index in [2.05, 4.69) is 20.9 Å². The van der Waals surface area contributed by atoms with E-state index in [0.29, 0.717) is 15.6 Å². The highest BCUT2D eigenvalue weighted by atomic mass is 79.9. The number of halogens is 1. The largest absolute Gasteiger partial charge is 0.461 e. The molecule has 0 bridgehead atoms. The van der Waals surface area contributed by atoms with Crippen LogP contribution in [-0.2, 0) is 0 Å². The number of nitrogens with zero attached hydrogens (tertiary/aromatic N) is 1. The van der Waals surface area contributed by atoms with Gasteiger partial charge in [0.1, 0.15) is 0 Å². The molecule has 0 saturated carbocycles. The predicted molar refractivity (Wildman–Crippen MR) is 52.9 cm³/mol. The summed E-state index contributed by atoms with van der Waals surface area (Å²) in [5, 5.41) is 0.707. The number of furan rings is 1. The van der Waals surface area contributed by atoms with Crippen molar-refractivity contribution in [1.82, 2.24) is 4.98 Å². The Balaban J connectivity index is 2.46. The van der Waals surface area contributed by atoms with E-state index in [9.17, 15) is 4.79 Å². The van der Waals surface area contributed by atoms with Gasteiger partial charge in [0.25, 0.3) is 0 Å². The smallest absolute Gasteiger partial charge is 0.176 e. The van der Waals surface area contributed by atoms with E-state index in [4.69, 9.17) is 4.42 Å². The summed E-state index contributed by atoms with van der Waals surface area (Å²) < 4.78 is 6.04. The number of hydrogen-bond donors (Lipinski definition) is 0. The zero-order valence-corrected chi connectivity index (χ0v) is 8.76. The molecule has 0 N–H and O–H groups in total. The van der Waals surface area contributed by atoms with Crippen molar-refractivity contribution in [3.8, 4) is 10.8 Å². The van der Waals surface area contributed by atoms with Crippen molar-refractivity contribution in [3.05, 3.63) is 27.9 Å². The molecule has 0 aliphatic rings. The average molecular weight is 258 g/mol. The van der Waals surface area contributed by atoms with Crippen LogP contribution in [0, 0.1) is 0 Å². The van der Waals surface area contributed by atoms with E-state index >= 15 is 0 Å². The Bertz CT molecular complexity index is 435. The van der Waals surface area contributed by atoms with Crippen molar-refractivity contribution in [2.45, 2.75) is 0 Å². The molecule has 0 aliphatic carbocycles. The predicted octanol–water partition coefficient (Wildman–Crippen LogP) is 2.98. The molecule has 5 heteroatoms. The summed E-state index contributed by atoms with van der Waals surface area (Å²) in [5.41, 5.74) is 0. The van der Waals surface area contributed by atoms with Crippen molar-refractivity contribution < 1.29 is 9.21 Å². The summed E-state index contributed by atoms with van der Waals surface area (Å²) >= 11 is 4.62. The first kappa shape index (κ1) is 8.65. The Hall–Kier alpha value is -0.940. The molecule has 0 aromatic carbocycles. The van der Waals surface area contributed by atoms with Crippen molar-refractivity contribution in [2.24, 2.45) is 0 Å². The number of carbonyl (C=O) groups is 1. The summed E-state index contributed by atoms with van der Waals surface area (Å²) in [5.74, 6) is 0.665. The molecule has 2 heterocycles. The van der Waals surface area contributed by atoms with Crippen LogP contribution in [0.1, 0.15) is 9.67 Å². The highest BCUT2D eigenvalue weighted by Gasteiger charge is 2.10. The molecule has 2 rings (SSSR count). The zero-order chi connectivity index (χ0) is 9.26. The molecule has 66 valence electrons. The monoisotopic (exact) mass is 257 g/mol. The SMILES string of the molecule is O=Cc1cnc(-c2occc2Br)s1. The molecule has 0 unspecified atom stereocenters. The Kier molecular flexibility index (Phi) is 2.28. The normalized spacial score (nSPS) is 10.2. The Morgan fingerprint density at radius 3 is 3.00 bits per heavy atom. The van der Waals surface area contributed by atoms with Gasteiger partial charge in [0.15, 0.2) is 17.1 Å². The average Bonchev–Trinajstić information content (AvgIpc) is 2.71. The zero-order valence-electron chi connectivity index (χ0n) is 6.36. The van der Waals surface area contributed by atoms with E-state index in [1.807, 2.05) is 0 Å².